The first kappa shape index (κ1) is 12.7. The van der Waals surface area contributed by atoms with Gasteiger partial charge in [-0.1, -0.05) is 6.92 Å². The lowest BCUT2D eigenvalue weighted by atomic mass is 10.1. The Bertz CT molecular complexity index is 196. The Morgan fingerprint density at radius 3 is 2.47 bits per heavy atom. The minimum absolute atomic E-state index is 0.329. The number of rotatable bonds is 5. The number of carbonyl (C=O) groups excluding carboxylic acids is 1. The highest BCUT2D eigenvalue weighted by Crippen LogP contribution is 2.11. The van der Waals surface area contributed by atoms with Crippen molar-refractivity contribution in [3.63, 3.8) is 0 Å². The monoisotopic (exact) mass is 213 g/mol. The molecular formula is C12H23NO2. The van der Waals surface area contributed by atoms with E-state index in [4.69, 9.17) is 4.74 Å². The van der Waals surface area contributed by atoms with Gasteiger partial charge in [0.15, 0.2) is 0 Å². The number of hydrogen-bond acceptors (Lipinski definition) is 3. The Balaban J connectivity index is 2.17. The fourth-order valence-corrected chi connectivity index (χ4v) is 2.14. The molecule has 0 spiro atoms. The van der Waals surface area contributed by atoms with Gasteiger partial charge in [-0.15, -0.1) is 0 Å². The maximum atomic E-state index is 11.1. The smallest absolute Gasteiger partial charge is 0.132 e. The van der Waals surface area contributed by atoms with Crippen LogP contribution in [-0.4, -0.2) is 42.5 Å². The molecule has 0 aromatic heterocycles. The summed E-state index contributed by atoms with van der Waals surface area (Å²) in [6.07, 6.45) is 3.06. The third kappa shape index (κ3) is 4.76. The zero-order chi connectivity index (χ0) is 11.3. The summed E-state index contributed by atoms with van der Waals surface area (Å²) >= 11 is 0. The molecule has 1 aliphatic rings. The van der Waals surface area contributed by atoms with Crippen LogP contribution in [0.25, 0.3) is 0 Å². The number of Topliss-reactive ketones (excluding diaryl/α,β-unsaturated/α-hetero) is 1. The number of carbonyl (C=O) groups is 1. The van der Waals surface area contributed by atoms with E-state index in [1.807, 2.05) is 6.92 Å². The summed E-state index contributed by atoms with van der Waals surface area (Å²) in [5.74, 6) is 0.379. The van der Waals surface area contributed by atoms with Crippen LogP contribution in [0.15, 0.2) is 0 Å². The molecule has 0 aromatic carbocycles. The summed E-state index contributed by atoms with van der Waals surface area (Å²) in [6.45, 7) is 9.19. The average Bonchev–Trinajstić information content (AvgIpc) is 2.16. The standard InChI is InChI=1S/C12H23NO2/c1-4-12(14)6-5-7-13-8-10(2)15-11(3)9-13/h10-11H,4-9H2,1-3H3/t10-,11+. The van der Waals surface area contributed by atoms with Crippen LogP contribution >= 0.6 is 0 Å². The molecule has 3 heteroatoms. The fraction of sp³-hybridized carbons (Fsp3) is 0.917. The van der Waals surface area contributed by atoms with Crippen LogP contribution in [0.2, 0.25) is 0 Å². The molecule has 1 fully saturated rings. The van der Waals surface area contributed by atoms with Gasteiger partial charge >= 0.3 is 0 Å². The lowest BCUT2D eigenvalue weighted by Crippen LogP contribution is -2.45. The van der Waals surface area contributed by atoms with Crippen LogP contribution in [0.4, 0.5) is 0 Å². The van der Waals surface area contributed by atoms with Gasteiger partial charge in [-0.05, 0) is 26.8 Å². The molecular weight excluding hydrogens is 190 g/mol. The number of ketones is 1. The van der Waals surface area contributed by atoms with E-state index < -0.39 is 0 Å². The molecule has 1 rings (SSSR count). The van der Waals surface area contributed by atoms with Gasteiger partial charge in [0, 0.05) is 25.9 Å². The topological polar surface area (TPSA) is 29.5 Å². The van der Waals surface area contributed by atoms with E-state index >= 15 is 0 Å². The lowest BCUT2D eigenvalue weighted by Gasteiger charge is -2.35. The molecule has 0 aliphatic carbocycles. The molecule has 0 saturated carbocycles. The molecule has 0 bridgehead atoms. The molecule has 0 amide bonds. The molecule has 0 aromatic rings. The third-order valence-electron chi connectivity index (χ3n) is 2.82. The van der Waals surface area contributed by atoms with Crippen LogP contribution in [0.5, 0.6) is 0 Å². The van der Waals surface area contributed by atoms with E-state index in [2.05, 4.69) is 18.7 Å². The maximum absolute atomic E-state index is 11.1. The van der Waals surface area contributed by atoms with Crippen LogP contribution in [0.3, 0.4) is 0 Å². The highest BCUT2D eigenvalue weighted by atomic mass is 16.5. The number of hydrogen-bond donors (Lipinski definition) is 0. The predicted octanol–water partition coefficient (Wildman–Crippen LogP) is 1.85. The van der Waals surface area contributed by atoms with E-state index in [-0.39, 0.29) is 0 Å². The van der Waals surface area contributed by atoms with Crippen LogP contribution in [0.1, 0.15) is 40.0 Å². The Kier molecular flexibility index (Phi) is 5.26. The van der Waals surface area contributed by atoms with Gasteiger partial charge < -0.3 is 4.74 Å². The van der Waals surface area contributed by atoms with Crippen molar-refractivity contribution in [1.82, 2.24) is 4.90 Å². The second-order valence-corrected chi connectivity index (χ2v) is 4.51. The Hall–Kier alpha value is -0.410. The molecule has 0 unspecified atom stereocenters. The summed E-state index contributed by atoms with van der Waals surface area (Å²) in [5, 5.41) is 0. The molecule has 2 atom stereocenters. The Morgan fingerprint density at radius 2 is 1.93 bits per heavy atom. The molecule has 15 heavy (non-hydrogen) atoms. The number of morpholine rings is 1. The van der Waals surface area contributed by atoms with E-state index in [0.29, 0.717) is 24.4 Å². The van der Waals surface area contributed by atoms with Gasteiger partial charge in [0.05, 0.1) is 12.2 Å². The van der Waals surface area contributed by atoms with Gasteiger partial charge in [-0.3, -0.25) is 9.69 Å². The maximum Gasteiger partial charge on any atom is 0.132 e. The summed E-state index contributed by atoms with van der Waals surface area (Å²) in [5.41, 5.74) is 0. The molecule has 0 radical (unpaired) electrons. The summed E-state index contributed by atoms with van der Waals surface area (Å²) in [7, 11) is 0. The van der Waals surface area contributed by atoms with E-state index in [9.17, 15) is 4.79 Å². The highest BCUT2D eigenvalue weighted by molar-refractivity contribution is 5.77. The van der Waals surface area contributed by atoms with Gasteiger partial charge in [-0.2, -0.15) is 0 Å². The van der Waals surface area contributed by atoms with Crippen molar-refractivity contribution in [1.29, 1.82) is 0 Å². The average molecular weight is 213 g/mol. The molecule has 0 N–H and O–H groups in total. The minimum Gasteiger partial charge on any atom is -0.373 e. The van der Waals surface area contributed by atoms with Crippen molar-refractivity contribution in [2.45, 2.75) is 52.2 Å². The second-order valence-electron chi connectivity index (χ2n) is 4.51. The van der Waals surface area contributed by atoms with Crippen LogP contribution in [0, 0.1) is 0 Å². The summed E-state index contributed by atoms with van der Waals surface area (Å²) in [6, 6.07) is 0. The van der Waals surface area contributed by atoms with E-state index in [0.717, 1.165) is 32.5 Å². The van der Waals surface area contributed by atoms with Crippen molar-refractivity contribution in [3.8, 4) is 0 Å². The highest BCUT2D eigenvalue weighted by Gasteiger charge is 2.21. The first-order chi connectivity index (χ1) is 7.11. The van der Waals surface area contributed by atoms with E-state index in [1.165, 1.54) is 0 Å². The Labute approximate surface area is 92.8 Å². The summed E-state index contributed by atoms with van der Waals surface area (Å²) in [4.78, 5) is 13.5. The number of ether oxygens (including phenoxy) is 1. The normalized spacial score (nSPS) is 27.9. The lowest BCUT2D eigenvalue weighted by molar-refractivity contribution is -0.119. The zero-order valence-corrected chi connectivity index (χ0v) is 10.2. The van der Waals surface area contributed by atoms with Gasteiger partial charge in [0.2, 0.25) is 0 Å². The van der Waals surface area contributed by atoms with Gasteiger partial charge in [0.25, 0.3) is 0 Å². The Morgan fingerprint density at radius 1 is 1.33 bits per heavy atom. The van der Waals surface area contributed by atoms with Crippen LogP contribution in [-0.2, 0) is 9.53 Å². The summed E-state index contributed by atoms with van der Waals surface area (Å²) < 4.78 is 5.66. The molecule has 1 saturated heterocycles. The SMILES string of the molecule is CCC(=O)CCCN1C[C@@H](C)O[C@@H](C)C1. The van der Waals surface area contributed by atoms with Gasteiger partial charge in [0.1, 0.15) is 5.78 Å². The zero-order valence-electron chi connectivity index (χ0n) is 10.2. The fourth-order valence-electron chi connectivity index (χ4n) is 2.14. The van der Waals surface area contributed by atoms with Crippen molar-refractivity contribution < 1.29 is 9.53 Å². The largest absolute Gasteiger partial charge is 0.373 e. The van der Waals surface area contributed by atoms with Crippen molar-refractivity contribution in [2.24, 2.45) is 0 Å². The second kappa shape index (κ2) is 6.23. The van der Waals surface area contributed by atoms with Crippen LogP contribution < -0.4 is 0 Å². The number of nitrogens with zero attached hydrogens (tertiary/aromatic N) is 1. The third-order valence-corrected chi connectivity index (χ3v) is 2.82. The van der Waals surface area contributed by atoms with E-state index in [1.54, 1.807) is 0 Å². The predicted molar refractivity (Wildman–Crippen MR) is 61.0 cm³/mol. The first-order valence-corrected chi connectivity index (χ1v) is 6.01. The molecule has 88 valence electrons. The van der Waals surface area contributed by atoms with Crippen molar-refractivity contribution in [2.75, 3.05) is 19.6 Å². The molecule has 1 heterocycles. The molecule has 3 nitrogen and oxygen atoms in total. The van der Waals surface area contributed by atoms with Crippen molar-refractivity contribution in [3.05, 3.63) is 0 Å². The van der Waals surface area contributed by atoms with Gasteiger partial charge in [-0.25, -0.2) is 0 Å². The quantitative estimate of drug-likeness (QED) is 0.698. The molecule has 1 aliphatic heterocycles. The van der Waals surface area contributed by atoms with Crippen molar-refractivity contribution >= 4 is 5.78 Å². The first-order valence-electron chi connectivity index (χ1n) is 6.01. The minimum atomic E-state index is 0.329.